The van der Waals surface area contributed by atoms with Gasteiger partial charge in [-0.1, -0.05) is 6.92 Å². The minimum Gasteiger partial charge on any atom is -0.488 e. The highest BCUT2D eigenvalue weighted by Gasteiger charge is 2.32. The number of carbonyl (C=O) groups is 3. The number of amides is 5. The molecule has 0 aliphatic carbocycles. The van der Waals surface area contributed by atoms with Crippen molar-refractivity contribution in [2.75, 3.05) is 42.7 Å². The van der Waals surface area contributed by atoms with E-state index in [4.69, 9.17) is 4.74 Å². The van der Waals surface area contributed by atoms with Gasteiger partial charge in [-0.3, -0.25) is 4.79 Å². The van der Waals surface area contributed by atoms with Gasteiger partial charge in [-0.15, -0.1) is 0 Å². The second-order valence-corrected chi connectivity index (χ2v) is 10.6. The summed E-state index contributed by atoms with van der Waals surface area (Å²) in [6.45, 7) is 3.85. The SMILES string of the molecule is C[C@@H]1CN([C@@H](C)CO)C(=O)Cc2cc(NC(=O)Nc3ccc(F)cc3)ccc2O[C@H]1CN(C)C(=O)Nc1ccc(F)cc1. The first-order valence-corrected chi connectivity index (χ1v) is 13.8. The summed E-state index contributed by atoms with van der Waals surface area (Å²) in [6, 6.07) is 14.2. The van der Waals surface area contributed by atoms with E-state index < -0.39 is 35.8 Å². The molecule has 4 rings (SSSR count). The number of anilines is 3. The largest absolute Gasteiger partial charge is 0.488 e. The highest BCUT2D eigenvalue weighted by molar-refractivity contribution is 6.00. The van der Waals surface area contributed by atoms with E-state index in [1.54, 1.807) is 37.1 Å². The Bertz CT molecular complexity index is 1440. The molecule has 0 aromatic heterocycles. The number of rotatable bonds is 7. The number of hydrogen-bond donors (Lipinski definition) is 4. The third-order valence-electron chi connectivity index (χ3n) is 7.17. The zero-order valence-corrected chi connectivity index (χ0v) is 24.1. The van der Waals surface area contributed by atoms with Crippen LogP contribution in [0.4, 0.5) is 35.4 Å². The maximum Gasteiger partial charge on any atom is 0.323 e. The van der Waals surface area contributed by atoms with Gasteiger partial charge in [-0.2, -0.15) is 0 Å². The number of nitrogens with zero attached hydrogens (tertiary/aromatic N) is 2. The fourth-order valence-electron chi connectivity index (χ4n) is 4.66. The molecule has 3 aromatic carbocycles. The van der Waals surface area contributed by atoms with E-state index in [-0.39, 0.29) is 37.9 Å². The number of benzene rings is 3. The Hall–Kier alpha value is -4.71. The van der Waals surface area contributed by atoms with Gasteiger partial charge < -0.3 is 35.6 Å². The van der Waals surface area contributed by atoms with Crippen LogP contribution in [-0.2, 0) is 11.2 Å². The second-order valence-electron chi connectivity index (χ2n) is 10.6. The molecule has 0 saturated heterocycles. The van der Waals surface area contributed by atoms with Gasteiger partial charge in [0, 0.05) is 42.1 Å². The van der Waals surface area contributed by atoms with Crippen LogP contribution in [0.3, 0.4) is 0 Å². The third kappa shape index (κ3) is 8.41. The molecule has 4 N–H and O–H groups in total. The minimum atomic E-state index is -0.558. The first-order chi connectivity index (χ1) is 20.5. The number of halogens is 2. The van der Waals surface area contributed by atoms with Crippen LogP contribution >= 0.6 is 0 Å². The molecule has 0 unspecified atom stereocenters. The van der Waals surface area contributed by atoms with Gasteiger partial charge in [0.25, 0.3) is 0 Å². The Balaban J connectivity index is 1.55. The summed E-state index contributed by atoms with van der Waals surface area (Å²) < 4.78 is 32.9. The molecule has 0 spiro atoms. The standard InChI is InChI=1S/C31H35F2N5O5/c1-19-16-38(20(2)18-39)29(40)15-21-14-26(35-30(41)34-24-8-4-22(32)5-9-24)12-13-27(21)43-28(19)17-37(3)31(42)36-25-10-6-23(33)7-11-25/h4-14,19-20,28,39H,15-18H2,1-3H3,(H,36,42)(H2,34,35,41)/t19-,20+,28+/m1/s1. The van der Waals surface area contributed by atoms with Crippen molar-refractivity contribution in [2.24, 2.45) is 5.92 Å². The number of ether oxygens (including phenoxy) is 1. The molecule has 1 heterocycles. The summed E-state index contributed by atoms with van der Waals surface area (Å²) in [4.78, 5) is 41.9. The average molecular weight is 596 g/mol. The van der Waals surface area contributed by atoms with Gasteiger partial charge in [0.1, 0.15) is 23.5 Å². The molecule has 1 aliphatic heterocycles. The van der Waals surface area contributed by atoms with E-state index in [2.05, 4.69) is 16.0 Å². The Labute approximate surface area is 248 Å². The van der Waals surface area contributed by atoms with E-state index in [0.29, 0.717) is 28.4 Å². The van der Waals surface area contributed by atoms with Gasteiger partial charge >= 0.3 is 12.1 Å². The van der Waals surface area contributed by atoms with Gasteiger partial charge in [0.2, 0.25) is 5.91 Å². The average Bonchev–Trinajstić information content (AvgIpc) is 3.02. The van der Waals surface area contributed by atoms with Crippen LogP contribution in [0.25, 0.3) is 0 Å². The van der Waals surface area contributed by atoms with Crippen molar-refractivity contribution in [1.29, 1.82) is 0 Å². The molecular weight excluding hydrogens is 560 g/mol. The third-order valence-corrected chi connectivity index (χ3v) is 7.17. The van der Waals surface area contributed by atoms with E-state index in [0.717, 1.165) is 0 Å². The normalized spacial score (nSPS) is 17.3. The first-order valence-electron chi connectivity index (χ1n) is 13.8. The molecule has 0 saturated carbocycles. The highest BCUT2D eigenvalue weighted by atomic mass is 19.1. The lowest BCUT2D eigenvalue weighted by molar-refractivity contribution is -0.134. The smallest absolute Gasteiger partial charge is 0.323 e. The Morgan fingerprint density at radius 2 is 1.53 bits per heavy atom. The van der Waals surface area contributed by atoms with Crippen molar-refractivity contribution in [3.63, 3.8) is 0 Å². The fourth-order valence-corrected chi connectivity index (χ4v) is 4.66. The first kappa shape index (κ1) is 31.2. The van der Waals surface area contributed by atoms with E-state index >= 15 is 0 Å². The maximum atomic E-state index is 13.4. The molecule has 0 radical (unpaired) electrons. The molecule has 12 heteroatoms. The van der Waals surface area contributed by atoms with Crippen molar-refractivity contribution >= 4 is 35.0 Å². The summed E-state index contributed by atoms with van der Waals surface area (Å²) in [7, 11) is 1.61. The molecule has 10 nitrogen and oxygen atoms in total. The second kappa shape index (κ2) is 14.0. The summed E-state index contributed by atoms with van der Waals surface area (Å²) >= 11 is 0. The van der Waals surface area contributed by atoms with E-state index in [1.165, 1.54) is 53.4 Å². The molecular formula is C31H35F2N5O5. The molecule has 43 heavy (non-hydrogen) atoms. The lowest BCUT2D eigenvalue weighted by Crippen LogP contribution is -2.48. The predicted molar refractivity (Wildman–Crippen MR) is 159 cm³/mol. The summed E-state index contributed by atoms with van der Waals surface area (Å²) in [5.41, 5.74) is 1.75. The quantitative estimate of drug-likeness (QED) is 0.309. The lowest BCUT2D eigenvalue weighted by Gasteiger charge is -2.34. The number of carbonyl (C=O) groups excluding carboxylic acids is 3. The highest BCUT2D eigenvalue weighted by Crippen LogP contribution is 2.29. The molecule has 0 bridgehead atoms. The zero-order chi connectivity index (χ0) is 31.1. The van der Waals surface area contributed by atoms with Gasteiger partial charge in [0.15, 0.2) is 0 Å². The Morgan fingerprint density at radius 1 is 0.977 bits per heavy atom. The van der Waals surface area contributed by atoms with Crippen LogP contribution in [0.15, 0.2) is 66.7 Å². The number of urea groups is 2. The molecule has 228 valence electrons. The van der Waals surface area contributed by atoms with Crippen LogP contribution in [0.1, 0.15) is 19.4 Å². The van der Waals surface area contributed by atoms with Gasteiger partial charge in [0.05, 0.1) is 25.6 Å². The molecule has 1 aliphatic rings. The molecule has 0 fully saturated rings. The van der Waals surface area contributed by atoms with E-state index in [1.807, 2.05) is 6.92 Å². The Kier molecular flexibility index (Phi) is 10.1. The van der Waals surface area contributed by atoms with Crippen molar-refractivity contribution in [1.82, 2.24) is 9.80 Å². The number of likely N-dealkylation sites (N-methyl/N-ethyl adjacent to an activating group) is 1. The molecule has 3 aromatic rings. The topological polar surface area (TPSA) is 123 Å². The number of hydrogen-bond acceptors (Lipinski definition) is 5. The maximum absolute atomic E-state index is 13.4. The van der Waals surface area contributed by atoms with Crippen LogP contribution in [-0.4, -0.2) is 71.8 Å². The van der Waals surface area contributed by atoms with E-state index in [9.17, 15) is 28.3 Å². The van der Waals surface area contributed by atoms with Crippen LogP contribution < -0.4 is 20.7 Å². The van der Waals surface area contributed by atoms with Gasteiger partial charge in [-0.25, -0.2) is 18.4 Å². The summed E-state index contributed by atoms with van der Waals surface area (Å²) in [6.07, 6.45) is -0.600. The number of nitrogens with one attached hydrogen (secondary N) is 3. The van der Waals surface area contributed by atoms with Crippen molar-refractivity contribution in [3.8, 4) is 5.75 Å². The minimum absolute atomic E-state index is 0.0465. The number of aliphatic hydroxyl groups excluding tert-OH is 1. The van der Waals surface area contributed by atoms with Gasteiger partial charge in [-0.05, 0) is 73.7 Å². The van der Waals surface area contributed by atoms with Crippen molar-refractivity contribution < 1.29 is 33.0 Å². The molecule has 5 amide bonds. The number of fused-ring (bicyclic) bond motifs is 1. The monoisotopic (exact) mass is 595 g/mol. The fraction of sp³-hybridized carbons (Fsp3) is 0.323. The van der Waals surface area contributed by atoms with Crippen molar-refractivity contribution in [2.45, 2.75) is 32.4 Å². The van der Waals surface area contributed by atoms with Crippen LogP contribution in [0, 0.1) is 17.6 Å². The van der Waals surface area contributed by atoms with Crippen LogP contribution in [0.2, 0.25) is 0 Å². The zero-order valence-electron chi connectivity index (χ0n) is 24.1. The number of aliphatic hydroxyl groups is 1. The predicted octanol–water partition coefficient (Wildman–Crippen LogP) is 4.92. The summed E-state index contributed by atoms with van der Waals surface area (Å²) in [5, 5.41) is 17.9. The lowest BCUT2D eigenvalue weighted by atomic mass is 10.0. The Morgan fingerprint density at radius 3 is 2.14 bits per heavy atom. The van der Waals surface area contributed by atoms with Crippen LogP contribution in [0.5, 0.6) is 5.75 Å². The molecule has 3 atom stereocenters. The van der Waals surface area contributed by atoms with Crippen molar-refractivity contribution in [3.05, 3.63) is 83.9 Å². The summed E-state index contributed by atoms with van der Waals surface area (Å²) in [5.74, 6) is -0.898.